The third-order valence-corrected chi connectivity index (χ3v) is 3.15. The van der Waals surface area contributed by atoms with Gasteiger partial charge in [0.25, 0.3) is 0 Å². The normalized spacial score (nSPS) is 11.9. The Balaban J connectivity index is 1.95. The molecule has 3 nitrogen and oxygen atoms in total. The fraction of sp³-hybridized carbons (Fsp3) is 0.333. The predicted octanol–water partition coefficient (Wildman–Crippen LogP) is 4.25. The quantitative estimate of drug-likeness (QED) is 0.786. The third kappa shape index (κ3) is 5.12. The summed E-state index contributed by atoms with van der Waals surface area (Å²) in [4.78, 5) is 0. The van der Waals surface area contributed by atoms with Crippen molar-refractivity contribution < 1.29 is 9.47 Å². The van der Waals surface area contributed by atoms with Crippen molar-refractivity contribution in [3.05, 3.63) is 54.6 Å². The van der Waals surface area contributed by atoms with Gasteiger partial charge >= 0.3 is 0 Å². The molecular weight excluding hydrogens is 262 g/mol. The highest BCUT2D eigenvalue weighted by atomic mass is 16.5. The topological polar surface area (TPSA) is 30.5 Å². The molecule has 0 aliphatic heterocycles. The van der Waals surface area contributed by atoms with E-state index in [1.165, 1.54) is 0 Å². The minimum absolute atomic E-state index is 0.209. The van der Waals surface area contributed by atoms with Crippen LogP contribution in [0.25, 0.3) is 0 Å². The van der Waals surface area contributed by atoms with Gasteiger partial charge in [-0.25, -0.2) is 0 Å². The summed E-state index contributed by atoms with van der Waals surface area (Å²) in [6.45, 7) is 3.03. The lowest BCUT2D eigenvalue weighted by molar-refractivity contribution is 0.189. The van der Waals surface area contributed by atoms with Gasteiger partial charge in [-0.1, -0.05) is 31.5 Å². The molecule has 2 aromatic rings. The minimum Gasteiger partial charge on any atom is -0.489 e. The van der Waals surface area contributed by atoms with Crippen LogP contribution in [0.15, 0.2) is 54.6 Å². The Labute approximate surface area is 126 Å². The lowest BCUT2D eigenvalue weighted by atomic mass is 10.2. The van der Waals surface area contributed by atoms with Crippen LogP contribution in [0.1, 0.15) is 19.8 Å². The van der Waals surface area contributed by atoms with E-state index in [9.17, 15) is 0 Å². The van der Waals surface area contributed by atoms with Crippen LogP contribution in [0, 0.1) is 0 Å². The third-order valence-electron chi connectivity index (χ3n) is 3.15. The van der Waals surface area contributed by atoms with Crippen LogP contribution in [0.3, 0.4) is 0 Å². The summed E-state index contributed by atoms with van der Waals surface area (Å²) in [5, 5.41) is 3.17. The summed E-state index contributed by atoms with van der Waals surface area (Å²) >= 11 is 0. The Morgan fingerprint density at radius 3 is 2.14 bits per heavy atom. The van der Waals surface area contributed by atoms with Gasteiger partial charge in [-0.05, 0) is 49.9 Å². The standard InChI is InChI=1S/C18H23NO2/c1-3-7-18(14-19-2)21-17-12-10-16(11-13-17)20-15-8-5-4-6-9-15/h4-6,8-13,18-19H,3,7,14H2,1-2H3. The maximum atomic E-state index is 5.98. The molecule has 0 aromatic heterocycles. The monoisotopic (exact) mass is 285 g/mol. The zero-order chi connectivity index (χ0) is 14.9. The molecule has 0 saturated carbocycles. The molecule has 2 rings (SSSR count). The first kappa shape index (κ1) is 15.4. The van der Waals surface area contributed by atoms with E-state index in [1.54, 1.807) is 0 Å². The van der Waals surface area contributed by atoms with E-state index in [1.807, 2.05) is 61.6 Å². The van der Waals surface area contributed by atoms with Crippen LogP contribution in [-0.2, 0) is 0 Å². The van der Waals surface area contributed by atoms with Crippen molar-refractivity contribution in [1.29, 1.82) is 0 Å². The largest absolute Gasteiger partial charge is 0.489 e. The van der Waals surface area contributed by atoms with Crippen molar-refractivity contribution >= 4 is 0 Å². The zero-order valence-corrected chi connectivity index (χ0v) is 12.7. The van der Waals surface area contributed by atoms with Crippen LogP contribution in [0.2, 0.25) is 0 Å². The number of benzene rings is 2. The number of hydrogen-bond acceptors (Lipinski definition) is 3. The molecule has 0 bridgehead atoms. The molecule has 0 aliphatic rings. The molecule has 0 spiro atoms. The molecule has 112 valence electrons. The number of hydrogen-bond donors (Lipinski definition) is 1. The van der Waals surface area contributed by atoms with Gasteiger partial charge in [0.1, 0.15) is 23.4 Å². The first-order valence-corrected chi connectivity index (χ1v) is 7.46. The highest BCUT2D eigenvalue weighted by Gasteiger charge is 2.08. The second kappa shape index (κ2) is 8.32. The molecule has 0 saturated heterocycles. The Morgan fingerprint density at radius 2 is 1.52 bits per heavy atom. The van der Waals surface area contributed by atoms with Crippen molar-refractivity contribution in [3.63, 3.8) is 0 Å². The van der Waals surface area contributed by atoms with Crippen molar-refractivity contribution in [3.8, 4) is 17.2 Å². The number of rotatable bonds is 8. The highest BCUT2D eigenvalue weighted by molar-refractivity contribution is 5.35. The van der Waals surface area contributed by atoms with Gasteiger partial charge in [-0.3, -0.25) is 0 Å². The SMILES string of the molecule is CCCC(CNC)Oc1ccc(Oc2ccccc2)cc1. The molecule has 0 amide bonds. The van der Waals surface area contributed by atoms with Crippen molar-refractivity contribution in [2.75, 3.05) is 13.6 Å². The van der Waals surface area contributed by atoms with Crippen LogP contribution in [0.4, 0.5) is 0 Å². The maximum Gasteiger partial charge on any atom is 0.127 e. The van der Waals surface area contributed by atoms with E-state index in [-0.39, 0.29) is 6.10 Å². The lowest BCUT2D eigenvalue weighted by Crippen LogP contribution is -2.28. The van der Waals surface area contributed by atoms with Gasteiger partial charge in [0.15, 0.2) is 0 Å². The molecule has 1 N–H and O–H groups in total. The zero-order valence-electron chi connectivity index (χ0n) is 12.7. The lowest BCUT2D eigenvalue weighted by Gasteiger charge is -2.18. The molecule has 0 aliphatic carbocycles. The molecule has 1 unspecified atom stereocenters. The number of likely N-dealkylation sites (N-methyl/N-ethyl adjacent to an activating group) is 1. The van der Waals surface area contributed by atoms with Gasteiger partial charge in [-0.15, -0.1) is 0 Å². The van der Waals surface area contributed by atoms with E-state index in [2.05, 4.69) is 12.2 Å². The Bertz CT molecular complexity index is 505. The Hall–Kier alpha value is -2.00. The Kier molecular flexibility index (Phi) is 6.10. The molecule has 1 atom stereocenters. The van der Waals surface area contributed by atoms with Gasteiger partial charge in [0.2, 0.25) is 0 Å². The summed E-state index contributed by atoms with van der Waals surface area (Å²) in [5.41, 5.74) is 0. The smallest absolute Gasteiger partial charge is 0.127 e. The van der Waals surface area contributed by atoms with Crippen molar-refractivity contribution in [1.82, 2.24) is 5.32 Å². The maximum absolute atomic E-state index is 5.98. The fourth-order valence-corrected chi connectivity index (χ4v) is 2.16. The predicted molar refractivity (Wildman–Crippen MR) is 86.2 cm³/mol. The second-order valence-electron chi connectivity index (χ2n) is 4.97. The van der Waals surface area contributed by atoms with E-state index < -0.39 is 0 Å². The average Bonchev–Trinajstić information content (AvgIpc) is 2.51. The van der Waals surface area contributed by atoms with Crippen molar-refractivity contribution in [2.24, 2.45) is 0 Å². The molecule has 21 heavy (non-hydrogen) atoms. The van der Waals surface area contributed by atoms with E-state index >= 15 is 0 Å². The van der Waals surface area contributed by atoms with E-state index in [4.69, 9.17) is 9.47 Å². The van der Waals surface area contributed by atoms with E-state index in [0.717, 1.165) is 36.6 Å². The average molecular weight is 285 g/mol. The van der Waals surface area contributed by atoms with Crippen LogP contribution in [-0.4, -0.2) is 19.7 Å². The highest BCUT2D eigenvalue weighted by Crippen LogP contribution is 2.24. The molecular formula is C18H23NO2. The first-order chi connectivity index (χ1) is 10.3. The molecule has 0 heterocycles. The van der Waals surface area contributed by atoms with Gasteiger partial charge in [-0.2, -0.15) is 0 Å². The first-order valence-electron chi connectivity index (χ1n) is 7.46. The Morgan fingerprint density at radius 1 is 0.905 bits per heavy atom. The summed E-state index contributed by atoms with van der Waals surface area (Å²) in [6, 6.07) is 17.5. The van der Waals surface area contributed by atoms with Crippen molar-refractivity contribution in [2.45, 2.75) is 25.9 Å². The minimum atomic E-state index is 0.209. The number of para-hydroxylation sites is 1. The summed E-state index contributed by atoms with van der Waals surface area (Å²) in [5.74, 6) is 2.53. The fourth-order valence-electron chi connectivity index (χ4n) is 2.16. The number of ether oxygens (including phenoxy) is 2. The van der Waals surface area contributed by atoms with Crippen LogP contribution < -0.4 is 14.8 Å². The van der Waals surface area contributed by atoms with Crippen LogP contribution >= 0.6 is 0 Å². The van der Waals surface area contributed by atoms with Gasteiger partial charge in [0, 0.05) is 6.54 Å². The molecule has 3 heteroatoms. The summed E-state index contributed by atoms with van der Waals surface area (Å²) in [6.07, 6.45) is 2.37. The van der Waals surface area contributed by atoms with Gasteiger partial charge in [0.05, 0.1) is 0 Å². The summed E-state index contributed by atoms with van der Waals surface area (Å²) in [7, 11) is 1.95. The number of nitrogens with one attached hydrogen (secondary N) is 1. The molecule has 0 fully saturated rings. The molecule has 0 radical (unpaired) electrons. The van der Waals surface area contributed by atoms with Crippen LogP contribution in [0.5, 0.6) is 17.2 Å². The van der Waals surface area contributed by atoms with E-state index in [0.29, 0.717) is 0 Å². The summed E-state index contributed by atoms with van der Waals surface area (Å²) < 4.78 is 11.7. The second-order valence-corrected chi connectivity index (χ2v) is 4.97. The molecule has 2 aromatic carbocycles. The van der Waals surface area contributed by atoms with Gasteiger partial charge < -0.3 is 14.8 Å².